The average Bonchev–Trinajstić information content (AvgIpc) is 3.62. The number of amides is 1. The van der Waals surface area contributed by atoms with Crippen molar-refractivity contribution in [2.75, 3.05) is 43.4 Å². The fourth-order valence-electron chi connectivity index (χ4n) is 5.77. The lowest BCUT2D eigenvalue weighted by atomic mass is 9.88. The summed E-state index contributed by atoms with van der Waals surface area (Å²) in [7, 11) is 2.14. The molecular formula is C29H32N10O. The predicted octanol–water partition coefficient (Wildman–Crippen LogP) is 4.23. The van der Waals surface area contributed by atoms with Crippen LogP contribution in [0.3, 0.4) is 0 Å². The van der Waals surface area contributed by atoms with Gasteiger partial charge in [-0.1, -0.05) is 19.3 Å². The Kier molecular flexibility index (Phi) is 6.35. The third-order valence-corrected chi connectivity index (χ3v) is 8.09. The molecule has 6 heterocycles. The van der Waals surface area contributed by atoms with Gasteiger partial charge in [0.25, 0.3) is 0 Å². The fraction of sp³-hybridized carbons (Fsp3) is 0.379. The monoisotopic (exact) mass is 536 g/mol. The highest BCUT2D eigenvalue weighted by Gasteiger charge is 2.23. The van der Waals surface area contributed by atoms with E-state index >= 15 is 0 Å². The maximum Gasteiger partial charge on any atom is 0.227 e. The number of carbonyl (C=O) groups excluding carboxylic acids is 1. The smallest absolute Gasteiger partial charge is 0.227 e. The first-order chi connectivity index (χ1) is 19.6. The van der Waals surface area contributed by atoms with Crippen molar-refractivity contribution in [2.24, 2.45) is 5.92 Å². The zero-order valence-electron chi connectivity index (χ0n) is 22.5. The van der Waals surface area contributed by atoms with Crippen molar-refractivity contribution in [1.82, 2.24) is 40.0 Å². The Bertz CT molecular complexity index is 1680. The number of pyridine rings is 3. The molecule has 5 aromatic heterocycles. The number of fused-ring (bicyclic) bond motifs is 2. The molecule has 2 aliphatic rings. The number of H-pyrrole nitrogens is 2. The summed E-state index contributed by atoms with van der Waals surface area (Å²) in [4.78, 5) is 39.8. The number of rotatable bonds is 5. The van der Waals surface area contributed by atoms with Gasteiger partial charge >= 0.3 is 0 Å². The minimum Gasteiger partial charge on any atom is -0.352 e. The number of aromatic nitrogens is 7. The van der Waals surface area contributed by atoms with E-state index < -0.39 is 0 Å². The van der Waals surface area contributed by atoms with Crippen LogP contribution >= 0.6 is 0 Å². The number of carbonyl (C=O) groups is 1. The minimum atomic E-state index is 0.0782. The van der Waals surface area contributed by atoms with Gasteiger partial charge in [-0.05, 0) is 44.2 Å². The van der Waals surface area contributed by atoms with Crippen LogP contribution in [0.4, 0.5) is 11.5 Å². The summed E-state index contributed by atoms with van der Waals surface area (Å²) in [6.45, 7) is 3.81. The van der Waals surface area contributed by atoms with E-state index in [9.17, 15) is 4.79 Å². The van der Waals surface area contributed by atoms with Crippen LogP contribution in [0.15, 0.2) is 42.9 Å². The van der Waals surface area contributed by atoms with Gasteiger partial charge in [0.15, 0.2) is 17.3 Å². The number of nitrogens with zero attached hydrogens (tertiary/aromatic N) is 7. The van der Waals surface area contributed by atoms with Crippen molar-refractivity contribution in [2.45, 2.75) is 32.1 Å². The number of piperazine rings is 1. The summed E-state index contributed by atoms with van der Waals surface area (Å²) >= 11 is 0. The highest BCUT2D eigenvalue weighted by atomic mass is 16.1. The van der Waals surface area contributed by atoms with Gasteiger partial charge < -0.3 is 20.1 Å². The van der Waals surface area contributed by atoms with Crippen LogP contribution in [0.25, 0.3) is 44.8 Å². The number of hydrogen-bond acceptors (Lipinski definition) is 8. The molecule has 0 radical (unpaired) electrons. The van der Waals surface area contributed by atoms with Gasteiger partial charge in [0.2, 0.25) is 5.91 Å². The first-order valence-corrected chi connectivity index (χ1v) is 14.0. The molecule has 1 aliphatic heterocycles. The quantitative estimate of drug-likeness (QED) is 0.304. The van der Waals surface area contributed by atoms with Gasteiger partial charge in [-0.3, -0.25) is 14.9 Å². The van der Waals surface area contributed by atoms with E-state index in [1.165, 1.54) is 6.42 Å². The lowest BCUT2D eigenvalue weighted by Crippen LogP contribution is -2.44. The third kappa shape index (κ3) is 4.66. The largest absolute Gasteiger partial charge is 0.352 e. The van der Waals surface area contributed by atoms with Gasteiger partial charge in [0.05, 0.1) is 28.6 Å². The minimum absolute atomic E-state index is 0.0782. The zero-order valence-corrected chi connectivity index (χ0v) is 22.5. The normalized spacial score (nSPS) is 17.1. The number of aromatic amines is 2. The molecule has 0 unspecified atom stereocenters. The highest BCUT2D eigenvalue weighted by Crippen LogP contribution is 2.31. The molecule has 1 saturated carbocycles. The molecule has 2 fully saturated rings. The Labute approximate surface area is 231 Å². The molecule has 1 saturated heterocycles. The Balaban J connectivity index is 1.19. The van der Waals surface area contributed by atoms with Crippen LogP contribution in [-0.4, -0.2) is 79.2 Å². The van der Waals surface area contributed by atoms with Gasteiger partial charge in [-0.15, -0.1) is 0 Å². The fourth-order valence-corrected chi connectivity index (χ4v) is 5.77. The summed E-state index contributed by atoms with van der Waals surface area (Å²) in [5, 5.41) is 10.7. The third-order valence-electron chi connectivity index (χ3n) is 8.09. The number of nitrogens with one attached hydrogen (secondary N) is 3. The van der Waals surface area contributed by atoms with Crippen molar-refractivity contribution in [1.29, 1.82) is 0 Å². The summed E-state index contributed by atoms with van der Waals surface area (Å²) in [5.41, 5.74) is 6.16. The Morgan fingerprint density at radius 3 is 2.67 bits per heavy atom. The molecule has 11 heteroatoms. The van der Waals surface area contributed by atoms with Gasteiger partial charge in [0, 0.05) is 50.1 Å². The van der Waals surface area contributed by atoms with E-state index in [0.29, 0.717) is 22.7 Å². The highest BCUT2D eigenvalue weighted by molar-refractivity contribution is 5.95. The van der Waals surface area contributed by atoms with E-state index in [1.54, 1.807) is 12.4 Å². The summed E-state index contributed by atoms with van der Waals surface area (Å²) in [6, 6.07) is 7.76. The first kappa shape index (κ1) is 24.6. The molecule has 7 rings (SSSR count). The van der Waals surface area contributed by atoms with Gasteiger partial charge in [0.1, 0.15) is 11.0 Å². The van der Waals surface area contributed by atoms with Crippen molar-refractivity contribution in [3.63, 3.8) is 0 Å². The summed E-state index contributed by atoms with van der Waals surface area (Å²) in [6.07, 6.45) is 10.6. The average molecular weight is 537 g/mol. The molecule has 1 amide bonds. The molecule has 5 aromatic rings. The number of imidazole rings is 1. The second kappa shape index (κ2) is 10.3. The number of hydrogen-bond donors (Lipinski definition) is 3. The lowest BCUT2D eigenvalue weighted by Gasteiger charge is -2.33. The van der Waals surface area contributed by atoms with Crippen LogP contribution < -0.4 is 10.2 Å². The van der Waals surface area contributed by atoms with E-state index in [4.69, 9.17) is 9.97 Å². The van der Waals surface area contributed by atoms with Crippen molar-refractivity contribution in [3.05, 3.63) is 42.9 Å². The number of likely N-dealkylation sites (N-methyl/N-ethyl adjacent to an activating group) is 1. The molecular weight excluding hydrogens is 504 g/mol. The van der Waals surface area contributed by atoms with E-state index in [1.807, 2.05) is 30.5 Å². The van der Waals surface area contributed by atoms with E-state index in [2.05, 4.69) is 47.3 Å². The van der Waals surface area contributed by atoms with Crippen LogP contribution in [0.2, 0.25) is 0 Å². The molecule has 11 nitrogen and oxygen atoms in total. The van der Waals surface area contributed by atoms with Crippen molar-refractivity contribution in [3.8, 4) is 22.8 Å². The van der Waals surface area contributed by atoms with Crippen LogP contribution in [0, 0.1) is 5.92 Å². The molecule has 204 valence electrons. The standard InChI is InChI=1S/C29H32N10O/c1-38-11-13-39(14-12-38)28-25-22(9-10-31-28)34-27(35-25)26-24-23(36-37-26)8-7-21(33-24)19-15-20(17-30-16-19)32-29(40)18-5-3-2-4-6-18/h7-10,15-18H,2-6,11-14H2,1H3,(H,32,40)(H,34,35)(H,36,37). The topological polar surface area (TPSA) is 132 Å². The first-order valence-electron chi connectivity index (χ1n) is 14.0. The van der Waals surface area contributed by atoms with Crippen LogP contribution in [-0.2, 0) is 4.79 Å². The SMILES string of the molecule is CN1CCN(c2nccc3[nH]c(-c4n[nH]c5ccc(-c6cncc(NC(=O)C7CCCCC7)c6)nc45)nc23)CC1. The van der Waals surface area contributed by atoms with Crippen LogP contribution in [0.5, 0.6) is 0 Å². The molecule has 0 spiro atoms. The zero-order chi connectivity index (χ0) is 27.1. The molecule has 40 heavy (non-hydrogen) atoms. The Morgan fingerprint density at radius 2 is 1.82 bits per heavy atom. The molecule has 0 atom stereocenters. The van der Waals surface area contributed by atoms with Gasteiger partial charge in [-0.2, -0.15) is 5.10 Å². The van der Waals surface area contributed by atoms with Crippen molar-refractivity contribution >= 4 is 39.5 Å². The van der Waals surface area contributed by atoms with Crippen LogP contribution in [0.1, 0.15) is 32.1 Å². The number of anilines is 2. The van der Waals surface area contributed by atoms with Crippen molar-refractivity contribution < 1.29 is 4.79 Å². The molecule has 0 bridgehead atoms. The summed E-state index contributed by atoms with van der Waals surface area (Å²) in [5.74, 6) is 1.69. The summed E-state index contributed by atoms with van der Waals surface area (Å²) < 4.78 is 0. The second-order valence-electron chi connectivity index (χ2n) is 10.9. The second-order valence-corrected chi connectivity index (χ2v) is 10.9. The Morgan fingerprint density at radius 1 is 0.975 bits per heavy atom. The predicted molar refractivity (Wildman–Crippen MR) is 155 cm³/mol. The van der Waals surface area contributed by atoms with Gasteiger partial charge in [-0.25, -0.2) is 15.0 Å². The lowest BCUT2D eigenvalue weighted by molar-refractivity contribution is -0.120. The maximum atomic E-state index is 12.8. The molecule has 3 N–H and O–H groups in total. The van der Waals surface area contributed by atoms with E-state index in [0.717, 1.165) is 85.5 Å². The molecule has 0 aromatic carbocycles. The van der Waals surface area contributed by atoms with E-state index in [-0.39, 0.29) is 11.8 Å². The molecule has 1 aliphatic carbocycles. The maximum absolute atomic E-state index is 12.8. The Hall–Kier alpha value is -4.38.